The van der Waals surface area contributed by atoms with E-state index in [0.717, 1.165) is 0 Å². The standard InChI is InChI=1S/C23H21ClF2N8O2.ClH/c1-36-16-4-2-3-15-18(16)28-21(19(25)26)34(15)23-30-20(14-5-7-27-8-6-14)29-22(31-23)33-11-9-32(10-12-33)17(35)13-24;/h2-8,19H,9-13H2,1H3;1H. The topological polar surface area (TPSA) is 102 Å². The van der Waals surface area contributed by atoms with Crippen LogP contribution in [0, 0.1) is 0 Å². The van der Waals surface area contributed by atoms with Crippen molar-refractivity contribution in [3.8, 4) is 23.1 Å². The molecular formula is C23H22Cl2F2N8O2. The van der Waals surface area contributed by atoms with E-state index in [1.54, 1.807) is 47.6 Å². The third-order valence-electron chi connectivity index (χ3n) is 5.87. The number of ether oxygens (including phenoxy) is 1. The summed E-state index contributed by atoms with van der Waals surface area (Å²) in [6.45, 7) is 1.76. The highest BCUT2D eigenvalue weighted by Gasteiger charge is 2.27. The summed E-state index contributed by atoms with van der Waals surface area (Å²) in [5.74, 6) is 0.205. The fourth-order valence-electron chi connectivity index (χ4n) is 4.08. The number of piperazine rings is 1. The second-order valence-corrected chi connectivity index (χ2v) is 8.20. The van der Waals surface area contributed by atoms with Crippen LogP contribution >= 0.6 is 24.0 Å². The Kier molecular flexibility index (Phi) is 7.98. The van der Waals surface area contributed by atoms with Gasteiger partial charge in [-0.15, -0.1) is 24.0 Å². The summed E-state index contributed by atoms with van der Waals surface area (Å²) in [5.41, 5.74) is 1.29. The molecule has 1 fully saturated rings. The third-order valence-corrected chi connectivity index (χ3v) is 6.10. The van der Waals surface area contributed by atoms with Gasteiger partial charge in [0, 0.05) is 44.1 Å². The van der Waals surface area contributed by atoms with Gasteiger partial charge in [0.05, 0.1) is 12.6 Å². The van der Waals surface area contributed by atoms with Crippen molar-refractivity contribution in [2.75, 3.05) is 44.1 Å². The van der Waals surface area contributed by atoms with E-state index in [1.807, 2.05) is 4.90 Å². The molecule has 0 spiro atoms. The number of pyridine rings is 1. The van der Waals surface area contributed by atoms with Crippen molar-refractivity contribution in [2.24, 2.45) is 0 Å². The van der Waals surface area contributed by atoms with Gasteiger partial charge in [-0.05, 0) is 24.3 Å². The highest BCUT2D eigenvalue weighted by atomic mass is 35.5. The fourth-order valence-corrected chi connectivity index (χ4v) is 4.25. The molecule has 0 bridgehead atoms. The van der Waals surface area contributed by atoms with Crippen LogP contribution in [0.2, 0.25) is 0 Å². The van der Waals surface area contributed by atoms with Gasteiger partial charge in [-0.25, -0.2) is 13.8 Å². The minimum Gasteiger partial charge on any atom is -0.494 e. The number of halogens is 4. The van der Waals surface area contributed by atoms with Gasteiger partial charge < -0.3 is 14.5 Å². The average molecular weight is 551 g/mol. The summed E-state index contributed by atoms with van der Waals surface area (Å²) in [5, 5.41) is 0. The SMILES string of the molecule is COc1cccc2c1nc(C(F)F)n2-c1nc(-c2ccncc2)nc(N2CCN(C(=O)CCl)CC2)n1.Cl. The van der Waals surface area contributed by atoms with E-state index >= 15 is 0 Å². The van der Waals surface area contributed by atoms with E-state index in [-0.39, 0.29) is 35.7 Å². The molecule has 3 aromatic heterocycles. The molecule has 0 aliphatic carbocycles. The summed E-state index contributed by atoms with van der Waals surface area (Å²) < 4.78 is 34.9. The van der Waals surface area contributed by atoms with Crippen LogP contribution in [-0.2, 0) is 4.79 Å². The summed E-state index contributed by atoms with van der Waals surface area (Å²) in [6.07, 6.45) is 0.297. The molecule has 4 heterocycles. The molecule has 1 saturated heterocycles. The van der Waals surface area contributed by atoms with Crippen molar-refractivity contribution in [1.29, 1.82) is 0 Å². The monoisotopic (exact) mass is 550 g/mol. The Morgan fingerprint density at radius 3 is 2.38 bits per heavy atom. The van der Waals surface area contributed by atoms with Crippen LogP contribution in [0.3, 0.4) is 0 Å². The molecule has 1 aliphatic rings. The maximum Gasteiger partial charge on any atom is 0.296 e. The van der Waals surface area contributed by atoms with Crippen LogP contribution in [0.1, 0.15) is 12.2 Å². The van der Waals surface area contributed by atoms with Crippen LogP contribution in [0.5, 0.6) is 5.75 Å². The zero-order chi connectivity index (χ0) is 25.2. The van der Waals surface area contributed by atoms with Gasteiger partial charge in [0.15, 0.2) is 11.6 Å². The van der Waals surface area contributed by atoms with E-state index < -0.39 is 12.2 Å². The number of methoxy groups -OCH3 is 1. The lowest BCUT2D eigenvalue weighted by atomic mass is 10.2. The van der Waals surface area contributed by atoms with Crippen LogP contribution in [-0.4, -0.2) is 79.5 Å². The summed E-state index contributed by atoms with van der Waals surface area (Å²) in [7, 11) is 1.45. The van der Waals surface area contributed by atoms with Crippen molar-refractivity contribution in [3.05, 3.63) is 48.5 Å². The number of nitrogens with zero attached hydrogens (tertiary/aromatic N) is 8. The number of benzene rings is 1. The Morgan fingerprint density at radius 2 is 1.73 bits per heavy atom. The first-order valence-corrected chi connectivity index (χ1v) is 11.6. The number of fused-ring (bicyclic) bond motifs is 1. The van der Waals surface area contributed by atoms with Gasteiger partial charge in [-0.2, -0.15) is 15.0 Å². The summed E-state index contributed by atoms with van der Waals surface area (Å²) in [6, 6.07) is 8.44. The van der Waals surface area contributed by atoms with Crippen molar-refractivity contribution in [3.63, 3.8) is 0 Å². The first-order chi connectivity index (χ1) is 17.5. The minimum absolute atomic E-state index is 0. The number of hydrogen-bond donors (Lipinski definition) is 0. The quantitative estimate of drug-likeness (QED) is 0.336. The number of carbonyl (C=O) groups excluding carboxylic acids is 1. The lowest BCUT2D eigenvalue weighted by Crippen LogP contribution is -2.49. The summed E-state index contributed by atoms with van der Waals surface area (Å²) in [4.78, 5) is 37.4. The molecule has 37 heavy (non-hydrogen) atoms. The second-order valence-electron chi connectivity index (χ2n) is 7.93. The van der Waals surface area contributed by atoms with Crippen molar-refractivity contribution in [1.82, 2.24) is 34.4 Å². The molecule has 4 aromatic rings. The average Bonchev–Trinajstić information content (AvgIpc) is 3.33. The molecular weight excluding hydrogens is 529 g/mol. The number of imidazole rings is 1. The molecule has 14 heteroatoms. The Hall–Kier alpha value is -3.64. The smallest absolute Gasteiger partial charge is 0.296 e. The first-order valence-electron chi connectivity index (χ1n) is 11.1. The number of anilines is 1. The summed E-state index contributed by atoms with van der Waals surface area (Å²) >= 11 is 5.69. The Morgan fingerprint density at radius 1 is 1.03 bits per heavy atom. The first kappa shape index (κ1) is 26.4. The Balaban J connectivity index is 0.00000320. The number of para-hydroxylation sites is 1. The molecule has 0 N–H and O–H groups in total. The lowest BCUT2D eigenvalue weighted by Gasteiger charge is -2.34. The van der Waals surface area contributed by atoms with Crippen LogP contribution in [0.25, 0.3) is 28.4 Å². The fraction of sp³-hybridized carbons (Fsp3) is 0.304. The van der Waals surface area contributed by atoms with Gasteiger partial charge in [0.1, 0.15) is 17.1 Å². The van der Waals surface area contributed by atoms with Crippen molar-refractivity contribution in [2.45, 2.75) is 6.43 Å². The number of alkyl halides is 3. The largest absolute Gasteiger partial charge is 0.494 e. The molecule has 0 radical (unpaired) electrons. The van der Waals surface area contributed by atoms with E-state index in [0.29, 0.717) is 54.8 Å². The number of amides is 1. The van der Waals surface area contributed by atoms with Gasteiger partial charge in [-0.1, -0.05) is 6.07 Å². The number of carbonyl (C=O) groups is 1. The maximum atomic E-state index is 14.2. The van der Waals surface area contributed by atoms with Crippen LogP contribution in [0.15, 0.2) is 42.7 Å². The molecule has 0 unspecified atom stereocenters. The molecule has 0 atom stereocenters. The van der Waals surface area contributed by atoms with E-state index in [2.05, 4.69) is 24.9 Å². The normalized spacial score (nSPS) is 13.6. The predicted molar refractivity (Wildman–Crippen MR) is 136 cm³/mol. The highest BCUT2D eigenvalue weighted by Crippen LogP contribution is 2.32. The molecule has 5 rings (SSSR count). The second kappa shape index (κ2) is 11.2. The van der Waals surface area contributed by atoms with Crippen LogP contribution < -0.4 is 9.64 Å². The third kappa shape index (κ3) is 5.12. The van der Waals surface area contributed by atoms with Gasteiger partial charge >= 0.3 is 0 Å². The van der Waals surface area contributed by atoms with E-state index in [1.165, 1.54) is 11.7 Å². The zero-order valence-electron chi connectivity index (χ0n) is 19.6. The van der Waals surface area contributed by atoms with Crippen molar-refractivity contribution < 1.29 is 18.3 Å². The van der Waals surface area contributed by atoms with E-state index in [9.17, 15) is 13.6 Å². The molecule has 0 saturated carbocycles. The molecule has 1 aliphatic heterocycles. The van der Waals surface area contributed by atoms with Crippen LogP contribution in [0.4, 0.5) is 14.7 Å². The Labute approximate surface area is 221 Å². The van der Waals surface area contributed by atoms with Gasteiger partial charge in [-0.3, -0.25) is 14.3 Å². The minimum atomic E-state index is -2.89. The molecule has 194 valence electrons. The highest BCUT2D eigenvalue weighted by molar-refractivity contribution is 6.27. The number of hydrogen-bond acceptors (Lipinski definition) is 8. The molecule has 1 amide bonds. The van der Waals surface area contributed by atoms with Gasteiger partial charge in [0.25, 0.3) is 6.43 Å². The maximum absolute atomic E-state index is 14.2. The van der Waals surface area contributed by atoms with E-state index in [4.69, 9.17) is 16.3 Å². The van der Waals surface area contributed by atoms with Gasteiger partial charge in [0.2, 0.25) is 17.8 Å². The number of rotatable bonds is 6. The Bertz CT molecular complexity index is 1400. The van der Waals surface area contributed by atoms with Crippen molar-refractivity contribution >= 4 is 46.9 Å². The number of aromatic nitrogens is 6. The zero-order valence-corrected chi connectivity index (χ0v) is 21.2. The lowest BCUT2D eigenvalue weighted by molar-refractivity contribution is -0.128. The predicted octanol–water partition coefficient (Wildman–Crippen LogP) is 3.53. The molecule has 1 aromatic carbocycles. The molecule has 10 nitrogen and oxygen atoms in total.